The van der Waals surface area contributed by atoms with E-state index in [1.54, 1.807) is 26.5 Å². The second-order valence-corrected chi connectivity index (χ2v) is 5.19. The van der Waals surface area contributed by atoms with Crippen molar-refractivity contribution in [2.24, 2.45) is 0 Å². The molecule has 1 aromatic heterocycles. The van der Waals surface area contributed by atoms with Gasteiger partial charge in [-0.05, 0) is 6.92 Å². The summed E-state index contributed by atoms with van der Waals surface area (Å²) in [6.07, 6.45) is 1.74. The van der Waals surface area contributed by atoms with Crippen molar-refractivity contribution in [1.82, 2.24) is 15.2 Å². The molecule has 0 radical (unpaired) electrons. The van der Waals surface area contributed by atoms with Crippen LogP contribution in [0.5, 0.6) is 11.5 Å². The van der Waals surface area contributed by atoms with Gasteiger partial charge in [0, 0.05) is 44.5 Å². The Morgan fingerprint density at radius 3 is 2.76 bits per heavy atom. The van der Waals surface area contributed by atoms with E-state index in [1.807, 2.05) is 0 Å². The monoisotopic (exact) mass is 295 g/mol. The maximum absolute atomic E-state index is 5.40. The van der Waals surface area contributed by atoms with Gasteiger partial charge < -0.3 is 19.5 Å². The summed E-state index contributed by atoms with van der Waals surface area (Å²) in [5.41, 5.74) is 0.866. The Hall–Kier alpha value is -1.37. The molecule has 1 N–H and O–H groups in total. The maximum Gasteiger partial charge on any atom is 0.183 e. The van der Waals surface area contributed by atoms with E-state index in [-0.39, 0.29) is 0 Å². The van der Waals surface area contributed by atoms with Gasteiger partial charge in [-0.3, -0.25) is 9.88 Å². The molecule has 0 bridgehead atoms. The van der Waals surface area contributed by atoms with E-state index >= 15 is 0 Å². The zero-order valence-corrected chi connectivity index (χ0v) is 13.1. The topological polar surface area (TPSA) is 55.9 Å². The summed E-state index contributed by atoms with van der Waals surface area (Å²) in [5.74, 6) is 1.41. The number of rotatable bonds is 7. The van der Waals surface area contributed by atoms with Gasteiger partial charge in [0.15, 0.2) is 11.5 Å². The third-order valence-electron chi connectivity index (χ3n) is 3.62. The lowest BCUT2D eigenvalue weighted by Gasteiger charge is -2.29. The number of nitrogens with one attached hydrogen (secondary N) is 1. The summed E-state index contributed by atoms with van der Waals surface area (Å²) in [7, 11) is 3.27. The van der Waals surface area contributed by atoms with Crippen LogP contribution >= 0.6 is 0 Å². The van der Waals surface area contributed by atoms with E-state index in [4.69, 9.17) is 14.2 Å². The highest BCUT2D eigenvalue weighted by atomic mass is 16.5. The smallest absolute Gasteiger partial charge is 0.183 e. The fraction of sp³-hybridized carbons (Fsp3) is 0.667. The van der Waals surface area contributed by atoms with E-state index in [2.05, 4.69) is 22.1 Å². The Morgan fingerprint density at radius 1 is 1.33 bits per heavy atom. The Kier molecular flexibility index (Phi) is 6.22. The molecule has 1 atom stereocenters. The molecule has 1 aromatic rings. The molecular weight excluding hydrogens is 270 g/mol. The largest absolute Gasteiger partial charge is 0.493 e. The molecule has 6 nitrogen and oxygen atoms in total. The molecule has 1 aliphatic heterocycles. The minimum Gasteiger partial charge on any atom is -0.493 e. The average molecular weight is 295 g/mol. The van der Waals surface area contributed by atoms with Crippen LogP contribution in [0, 0.1) is 0 Å². The molecule has 0 amide bonds. The predicted octanol–water partition coefficient (Wildman–Crippen LogP) is 0.909. The van der Waals surface area contributed by atoms with Crippen LogP contribution in [0.1, 0.15) is 12.6 Å². The zero-order valence-electron chi connectivity index (χ0n) is 13.1. The molecule has 1 aliphatic rings. The molecule has 0 aliphatic carbocycles. The van der Waals surface area contributed by atoms with Crippen molar-refractivity contribution >= 4 is 0 Å². The lowest BCUT2D eigenvalue weighted by Crippen LogP contribution is -2.44. The molecule has 1 fully saturated rings. The summed E-state index contributed by atoms with van der Waals surface area (Å²) in [6.45, 7) is 7.53. The number of aromatic nitrogens is 1. The highest BCUT2D eigenvalue weighted by Gasteiger charge is 2.15. The van der Waals surface area contributed by atoms with Crippen molar-refractivity contribution in [2.75, 3.05) is 47.1 Å². The highest BCUT2D eigenvalue weighted by Crippen LogP contribution is 2.28. The lowest BCUT2D eigenvalue weighted by molar-refractivity contribution is 0.0343. The van der Waals surface area contributed by atoms with Gasteiger partial charge in [-0.15, -0.1) is 0 Å². The Morgan fingerprint density at radius 2 is 2.10 bits per heavy atom. The molecule has 0 aromatic carbocycles. The summed E-state index contributed by atoms with van der Waals surface area (Å²) in [6, 6.07) is 2.18. The van der Waals surface area contributed by atoms with Crippen molar-refractivity contribution in [3.63, 3.8) is 0 Å². The molecule has 6 heteroatoms. The average Bonchev–Trinajstić information content (AvgIpc) is 2.53. The molecule has 0 saturated carbocycles. The minimum atomic E-state index is 0.376. The van der Waals surface area contributed by atoms with Crippen molar-refractivity contribution in [3.8, 4) is 11.5 Å². The fourth-order valence-corrected chi connectivity index (χ4v) is 2.48. The Balaban J connectivity index is 1.87. The van der Waals surface area contributed by atoms with E-state index in [0.29, 0.717) is 24.1 Å². The standard InChI is InChI=1S/C15H25N3O3/c1-12(11-18-6-8-21-9-7-18)17-10-13-15(20-3)14(19-2)4-5-16-13/h4-5,12,17H,6-11H2,1-3H3. The first kappa shape index (κ1) is 16.0. The molecule has 2 rings (SSSR count). The number of ether oxygens (including phenoxy) is 3. The summed E-state index contributed by atoms with van der Waals surface area (Å²) in [4.78, 5) is 6.79. The SMILES string of the molecule is COc1ccnc(CNC(C)CN2CCOCC2)c1OC. The maximum atomic E-state index is 5.40. The Bertz CT molecular complexity index is 436. The molecule has 21 heavy (non-hydrogen) atoms. The molecule has 2 heterocycles. The number of nitrogens with zero attached hydrogens (tertiary/aromatic N) is 2. The lowest BCUT2D eigenvalue weighted by atomic mass is 10.2. The summed E-state index contributed by atoms with van der Waals surface area (Å²) in [5, 5.41) is 3.49. The summed E-state index contributed by atoms with van der Waals surface area (Å²) < 4.78 is 16.0. The first-order valence-corrected chi connectivity index (χ1v) is 7.34. The van der Waals surface area contributed by atoms with E-state index in [1.165, 1.54) is 0 Å². The molecule has 1 saturated heterocycles. The second kappa shape index (κ2) is 8.17. The van der Waals surface area contributed by atoms with Crippen molar-refractivity contribution in [1.29, 1.82) is 0 Å². The third-order valence-corrected chi connectivity index (χ3v) is 3.62. The van der Waals surface area contributed by atoms with Gasteiger partial charge >= 0.3 is 0 Å². The highest BCUT2D eigenvalue weighted by molar-refractivity contribution is 5.42. The van der Waals surface area contributed by atoms with Gasteiger partial charge in [-0.1, -0.05) is 0 Å². The van der Waals surface area contributed by atoms with Crippen LogP contribution < -0.4 is 14.8 Å². The molecular formula is C15H25N3O3. The van der Waals surface area contributed by atoms with Gasteiger partial charge in [-0.25, -0.2) is 0 Å². The van der Waals surface area contributed by atoms with Gasteiger partial charge in [0.2, 0.25) is 0 Å². The first-order valence-electron chi connectivity index (χ1n) is 7.34. The molecule has 118 valence electrons. The van der Waals surface area contributed by atoms with Crippen LogP contribution in [0.15, 0.2) is 12.3 Å². The van der Waals surface area contributed by atoms with Crippen molar-refractivity contribution in [2.45, 2.75) is 19.5 Å². The number of hydrogen-bond donors (Lipinski definition) is 1. The molecule has 1 unspecified atom stereocenters. The minimum absolute atomic E-state index is 0.376. The van der Waals surface area contributed by atoms with Gasteiger partial charge in [0.1, 0.15) is 0 Å². The van der Waals surface area contributed by atoms with Crippen LogP contribution in [0.4, 0.5) is 0 Å². The van der Waals surface area contributed by atoms with Gasteiger partial charge in [0.25, 0.3) is 0 Å². The normalized spacial score (nSPS) is 17.5. The van der Waals surface area contributed by atoms with Crippen LogP contribution in [0.3, 0.4) is 0 Å². The zero-order chi connectivity index (χ0) is 15.1. The van der Waals surface area contributed by atoms with Crippen LogP contribution in [-0.2, 0) is 11.3 Å². The van der Waals surface area contributed by atoms with E-state index < -0.39 is 0 Å². The number of methoxy groups -OCH3 is 2. The van der Waals surface area contributed by atoms with E-state index in [9.17, 15) is 0 Å². The van der Waals surface area contributed by atoms with Crippen LogP contribution in [-0.4, -0.2) is 63.0 Å². The first-order chi connectivity index (χ1) is 10.2. The van der Waals surface area contributed by atoms with Crippen molar-refractivity contribution in [3.05, 3.63) is 18.0 Å². The number of morpholine rings is 1. The number of pyridine rings is 1. The third kappa shape index (κ3) is 4.56. The quantitative estimate of drug-likeness (QED) is 0.807. The van der Waals surface area contributed by atoms with Gasteiger partial charge in [-0.2, -0.15) is 0 Å². The second-order valence-electron chi connectivity index (χ2n) is 5.19. The van der Waals surface area contributed by atoms with Gasteiger partial charge in [0.05, 0.1) is 33.1 Å². The predicted molar refractivity (Wildman–Crippen MR) is 80.9 cm³/mol. The van der Waals surface area contributed by atoms with Crippen LogP contribution in [0.2, 0.25) is 0 Å². The van der Waals surface area contributed by atoms with Crippen molar-refractivity contribution < 1.29 is 14.2 Å². The van der Waals surface area contributed by atoms with Crippen LogP contribution in [0.25, 0.3) is 0 Å². The Labute approximate surface area is 126 Å². The van der Waals surface area contributed by atoms with E-state index in [0.717, 1.165) is 38.5 Å². The number of hydrogen-bond acceptors (Lipinski definition) is 6. The fourth-order valence-electron chi connectivity index (χ4n) is 2.48. The molecule has 0 spiro atoms. The summed E-state index contributed by atoms with van der Waals surface area (Å²) >= 11 is 0.